The zero-order valence-corrected chi connectivity index (χ0v) is 23.5. The number of halogens is 1. The Morgan fingerprint density at radius 1 is 1.20 bits per heavy atom. The summed E-state index contributed by atoms with van der Waals surface area (Å²) in [6.07, 6.45) is 7.66. The molecule has 2 aromatic carbocycles. The lowest BCUT2D eigenvalue weighted by Crippen LogP contribution is -2.26. The number of aliphatic imine (C=N–C) groups is 1. The van der Waals surface area contributed by atoms with E-state index in [1.807, 2.05) is 58.0 Å². The Kier molecular flexibility index (Phi) is 9.27. The Balaban J connectivity index is 0.00000181. The van der Waals surface area contributed by atoms with Gasteiger partial charge in [0.2, 0.25) is 5.88 Å². The number of hydrogen-bond donors (Lipinski definition) is 2. The Morgan fingerprint density at radius 2 is 2.00 bits per heavy atom. The molecule has 1 saturated carbocycles. The number of carbonyl (C=O) groups excluding carboxylic acids is 1. The predicted octanol–water partition coefficient (Wildman–Crippen LogP) is 6.61. The number of allylic oxidation sites excluding steroid dienone is 1. The first-order chi connectivity index (χ1) is 19.4. The largest absolute Gasteiger partial charge is 0.437 e. The van der Waals surface area contributed by atoms with E-state index in [1.165, 1.54) is 12.1 Å². The van der Waals surface area contributed by atoms with E-state index in [9.17, 15) is 9.18 Å². The number of amides is 1. The highest BCUT2D eigenvalue weighted by Crippen LogP contribution is 2.30. The second-order valence-electron chi connectivity index (χ2n) is 9.18. The second-order valence-corrected chi connectivity index (χ2v) is 9.18. The van der Waals surface area contributed by atoms with Crippen LogP contribution in [0.1, 0.15) is 49.5 Å². The number of imidazole rings is 1. The molecule has 0 unspecified atom stereocenters. The van der Waals surface area contributed by atoms with E-state index in [2.05, 4.69) is 25.7 Å². The van der Waals surface area contributed by atoms with Gasteiger partial charge >= 0.3 is 0 Å². The molecule has 0 spiro atoms. The maximum atomic E-state index is 13.8. The maximum absolute atomic E-state index is 13.8. The van der Waals surface area contributed by atoms with Gasteiger partial charge in [0.05, 0.1) is 29.8 Å². The predicted molar refractivity (Wildman–Crippen MR) is 158 cm³/mol. The average Bonchev–Trinajstić information content (AvgIpc) is 3.66. The highest BCUT2D eigenvalue weighted by molar-refractivity contribution is 5.98. The highest BCUT2D eigenvalue weighted by atomic mass is 19.1. The van der Waals surface area contributed by atoms with Crippen molar-refractivity contribution in [2.45, 2.75) is 46.6 Å². The zero-order valence-electron chi connectivity index (χ0n) is 23.5. The summed E-state index contributed by atoms with van der Waals surface area (Å²) in [5.41, 5.74) is 5.21. The molecule has 1 aliphatic rings. The fourth-order valence-electron chi connectivity index (χ4n) is 4.13. The third-order valence-corrected chi connectivity index (χ3v) is 6.25. The lowest BCUT2D eigenvalue weighted by molar-refractivity contribution is 0.0950. The van der Waals surface area contributed by atoms with Crippen LogP contribution in [0.3, 0.4) is 0 Å². The number of benzene rings is 2. The molecule has 8 nitrogen and oxygen atoms in total. The number of aryl methyl sites for hydroxylation is 1. The molecule has 0 bridgehead atoms. The molecule has 40 heavy (non-hydrogen) atoms. The summed E-state index contributed by atoms with van der Waals surface area (Å²) in [6.45, 7) is 8.32. The number of anilines is 1. The van der Waals surface area contributed by atoms with Crippen LogP contribution >= 0.6 is 0 Å². The molecule has 0 saturated heterocycles. The minimum absolute atomic E-state index is 0.0559. The summed E-state index contributed by atoms with van der Waals surface area (Å²) in [6, 6.07) is 13.6. The SMILES string of the molecule is C/C=C\C(CNc1cc(Oc2cccc(F)c2)nn2c(-c3ccc(C(=O)NC4CC4)c(C)c3)cnc12)=NC.CC. The molecule has 4 aromatic rings. The summed E-state index contributed by atoms with van der Waals surface area (Å²) in [5.74, 6) is 0.139. The van der Waals surface area contributed by atoms with Crippen molar-refractivity contribution in [3.05, 3.63) is 83.8 Å². The zero-order chi connectivity index (χ0) is 28.6. The van der Waals surface area contributed by atoms with Crippen molar-refractivity contribution >= 4 is 23.0 Å². The van der Waals surface area contributed by atoms with Crippen molar-refractivity contribution in [1.29, 1.82) is 0 Å². The van der Waals surface area contributed by atoms with Crippen LogP contribution in [0, 0.1) is 12.7 Å². The molecule has 5 rings (SSSR count). The van der Waals surface area contributed by atoms with Crippen LogP contribution in [0.25, 0.3) is 16.9 Å². The van der Waals surface area contributed by atoms with Gasteiger partial charge in [0.1, 0.15) is 11.6 Å². The van der Waals surface area contributed by atoms with E-state index in [0.29, 0.717) is 29.2 Å². The Labute approximate surface area is 234 Å². The Morgan fingerprint density at radius 3 is 2.67 bits per heavy atom. The molecule has 9 heteroatoms. The minimum Gasteiger partial charge on any atom is -0.437 e. The maximum Gasteiger partial charge on any atom is 0.251 e. The van der Waals surface area contributed by atoms with Crippen molar-refractivity contribution < 1.29 is 13.9 Å². The van der Waals surface area contributed by atoms with E-state index in [-0.39, 0.29) is 17.8 Å². The molecule has 0 atom stereocenters. The van der Waals surface area contributed by atoms with E-state index in [4.69, 9.17) is 4.74 Å². The van der Waals surface area contributed by atoms with Gasteiger partial charge in [0.25, 0.3) is 5.91 Å². The normalized spacial score (nSPS) is 13.2. The summed E-state index contributed by atoms with van der Waals surface area (Å²) in [7, 11) is 1.74. The third kappa shape index (κ3) is 6.72. The number of carbonyl (C=O) groups is 1. The van der Waals surface area contributed by atoms with Gasteiger partial charge in [-0.15, -0.1) is 5.10 Å². The first kappa shape index (κ1) is 28.5. The molecule has 2 N–H and O–H groups in total. The van der Waals surface area contributed by atoms with Gasteiger partial charge in [-0.3, -0.25) is 9.79 Å². The van der Waals surface area contributed by atoms with Gasteiger partial charge in [0, 0.05) is 36.3 Å². The van der Waals surface area contributed by atoms with Gasteiger partial charge in [-0.2, -0.15) is 0 Å². The van der Waals surface area contributed by atoms with E-state index in [0.717, 1.165) is 35.4 Å². The summed E-state index contributed by atoms with van der Waals surface area (Å²) in [4.78, 5) is 21.5. The van der Waals surface area contributed by atoms with Crippen molar-refractivity contribution in [3.63, 3.8) is 0 Å². The van der Waals surface area contributed by atoms with Crippen LogP contribution in [0.5, 0.6) is 11.6 Å². The van der Waals surface area contributed by atoms with Gasteiger partial charge in [0.15, 0.2) is 5.65 Å². The Hall–Kier alpha value is -4.53. The van der Waals surface area contributed by atoms with Gasteiger partial charge in [-0.25, -0.2) is 13.9 Å². The molecular formula is C31H35FN6O2. The average molecular weight is 543 g/mol. The lowest BCUT2D eigenvalue weighted by atomic mass is 10.0. The lowest BCUT2D eigenvalue weighted by Gasteiger charge is -2.12. The van der Waals surface area contributed by atoms with Crippen molar-refractivity contribution in [2.75, 3.05) is 18.9 Å². The number of hydrogen-bond acceptors (Lipinski definition) is 6. The summed E-state index contributed by atoms with van der Waals surface area (Å²) >= 11 is 0. The number of aromatic nitrogens is 3. The fourth-order valence-corrected chi connectivity index (χ4v) is 4.13. The number of nitrogens with zero attached hydrogens (tertiary/aromatic N) is 4. The number of nitrogens with one attached hydrogen (secondary N) is 2. The highest BCUT2D eigenvalue weighted by Gasteiger charge is 2.24. The van der Waals surface area contributed by atoms with E-state index < -0.39 is 5.82 Å². The van der Waals surface area contributed by atoms with Crippen molar-refractivity contribution in [2.24, 2.45) is 4.99 Å². The van der Waals surface area contributed by atoms with Crippen LogP contribution in [0.15, 0.2) is 71.9 Å². The number of ether oxygens (including phenoxy) is 1. The number of rotatable bonds is 9. The quantitative estimate of drug-likeness (QED) is 0.232. The summed E-state index contributed by atoms with van der Waals surface area (Å²) in [5, 5.41) is 11.1. The first-order valence-electron chi connectivity index (χ1n) is 13.5. The van der Waals surface area contributed by atoms with Crippen LogP contribution in [-0.2, 0) is 0 Å². The van der Waals surface area contributed by atoms with Crippen LogP contribution in [-0.4, -0.2) is 45.9 Å². The molecule has 1 amide bonds. The van der Waals surface area contributed by atoms with Crippen LogP contribution < -0.4 is 15.4 Å². The topological polar surface area (TPSA) is 92.9 Å². The first-order valence-corrected chi connectivity index (χ1v) is 13.5. The van der Waals surface area contributed by atoms with E-state index >= 15 is 0 Å². The molecule has 2 aromatic heterocycles. The van der Waals surface area contributed by atoms with Gasteiger partial charge in [-0.05, 0) is 62.6 Å². The molecule has 0 aliphatic heterocycles. The molecule has 1 fully saturated rings. The monoisotopic (exact) mass is 542 g/mol. The van der Waals surface area contributed by atoms with Crippen LogP contribution in [0.4, 0.5) is 10.1 Å². The fraction of sp³-hybridized carbons (Fsp3) is 0.290. The Bertz CT molecular complexity index is 1550. The molecular weight excluding hydrogens is 507 g/mol. The molecule has 0 radical (unpaired) electrons. The minimum atomic E-state index is -0.401. The second kappa shape index (κ2) is 13.0. The van der Waals surface area contributed by atoms with Crippen molar-refractivity contribution in [1.82, 2.24) is 19.9 Å². The number of fused-ring (bicyclic) bond motifs is 1. The van der Waals surface area contributed by atoms with Gasteiger partial charge < -0.3 is 15.4 Å². The smallest absolute Gasteiger partial charge is 0.251 e. The molecule has 2 heterocycles. The standard InChI is InChI=1S/C29H29FN6O2.C2H6/c1-4-6-22(31-3)16-32-25-15-27(38-23-8-5-7-20(30)14-23)35-36-26(17-33-28(25)36)19-9-12-24(18(2)13-19)29(37)34-21-10-11-21;1-2/h4-9,12-15,17,21,32H,10-11,16H2,1-3H3,(H,34,37);1-2H3/b6-4-,31-22?;. The molecule has 208 valence electrons. The molecule has 1 aliphatic carbocycles. The van der Waals surface area contributed by atoms with Crippen LogP contribution in [0.2, 0.25) is 0 Å². The van der Waals surface area contributed by atoms with E-state index in [1.54, 1.807) is 36.0 Å². The summed E-state index contributed by atoms with van der Waals surface area (Å²) < 4.78 is 21.4. The van der Waals surface area contributed by atoms with Crippen molar-refractivity contribution in [3.8, 4) is 22.9 Å². The van der Waals surface area contributed by atoms with Gasteiger partial charge in [-0.1, -0.05) is 32.1 Å². The third-order valence-electron chi connectivity index (χ3n) is 6.25.